The topological polar surface area (TPSA) is 93.5 Å². The molecule has 0 aromatic heterocycles. The number of methoxy groups -OCH3 is 2. The summed E-state index contributed by atoms with van der Waals surface area (Å²) in [6.45, 7) is 0. The van der Waals surface area contributed by atoms with E-state index in [1.165, 1.54) is 0 Å². The maximum atomic E-state index is 11.2. The van der Waals surface area contributed by atoms with Gasteiger partial charge in [0.2, 0.25) is 0 Å². The van der Waals surface area contributed by atoms with Gasteiger partial charge in [-0.25, -0.2) is 4.21 Å². The van der Waals surface area contributed by atoms with Crippen LogP contribution >= 0.6 is 0 Å². The van der Waals surface area contributed by atoms with Gasteiger partial charge in [-0.1, -0.05) is 0 Å². The van der Waals surface area contributed by atoms with E-state index in [1.54, 1.807) is 0 Å². The molecule has 0 aliphatic heterocycles. The van der Waals surface area contributed by atoms with Crippen LogP contribution < -0.4 is 0 Å². The first-order valence-electron chi connectivity index (χ1n) is 3.29. The molecule has 76 valence electrons. The second kappa shape index (κ2) is 4.80. The highest BCUT2D eigenvalue weighted by Crippen LogP contribution is 1.94. The number of rotatable bonds is 4. The zero-order chi connectivity index (χ0) is 10.5. The lowest BCUT2D eigenvalue weighted by Gasteiger charge is -2.03. The van der Waals surface area contributed by atoms with E-state index >= 15 is 0 Å². The molecule has 0 unspecified atom stereocenters. The molecule has 0 aliphatic rings. The third-order valence-electron chi connectivity index (χ3n) is 1.16. The van der Waals surface area contributed by atoms with Crippen molar-refractivity contribution in [3.63, 3.8) is 0 Å². The minimum atomic E-state index is -3.25. The van der Waals surface area contributed by atoms with Crippen LogP contribution in [0.5, 0.6) is 0 Å². The molecule has 0 saturated heterocycles. The van der Waals surface area contributed by atoms with Gasteiger partial charge in [0.15, 0.2) is 0 Å². The minimum Gasteiger partial charge on any atom is -0.468 e. The summed E-state index contributed by atoms with van der Waals surface area (Å²) < 4.78 is 26.7. The molecule has 0 saturated carbocycles. The maximum Gasteiger partial charge on any atom is 0.319 e. The lowest BCUT2D eigenvalue weighted by atomic mass is 10.8. The summed E-state index contributed by atoms with van der Waals surface area (Å²) in [6.07, 6.45) is 0. The van der Waals surface area contributed by atoms with Gasteiger partial charge in [-0.15, -0.1) is 0 Å². The molecule has 0 amide bonds. The molecule has 13 heavy (non-hydrogen) atoms. The van der Waals surface area contributed by atoms with Crippen molar-refractivity contribution in [1.82, 2.24) is 0 Å². The van der Waals surface area contributed by atoms with E-state index in [0.717, 1.165) is 14.2 Å². The van der Waals surface area contributed by atoms with Gasteiger partial charge >= 0.3 is 11.9 Å². The van der Waals surface area contributed by atoms with E-state index < -0.39 is 33.2 Å². The highest BCUT2D eigenvalue weighted by atomic mass is 32.2. The first-order chi connectivity index (χ1) is 5.91. The Labute approximate surface area is 76.2 Å². The fraction of sp³-hybridized carbons (Fsp3) is 0.667. The molecule has 6 nitrogen and oxygen atoms in total. The molecule has 0 spiro atoms. The number of esters is 2. The predicted octanol–water partition coefficient (Wildman–Crippen LogP) is -0.621. The Morgan fingerprint density at radius 2 is 1.46 bits per heavy atom. The average molecular weight is 209 g/mol. The van der Waals surface area contributed by atoms with Crippen molar-refractivity contribution >= 4 is 21.7 Å². The summed E-state index contributed by atoms with van der Waals surface area (Å²) in [6, 6.07) is 0. The van der Waals surface area contributed by atoms with Crippen LogP contribution in [0.1, 0.15) is 0 Å². The average Bonchev–Trinajstić information content (AvgIpc) is 2.02. The van der Waals surface area contributed by atoms with E-state index in [0.29, 0.717) is 0 Å². The zero-order valence-corrected chi connectivity index (χ0v) is 8.18. The molecule has 0 rings (SSSR count). The Bertz CT molecular complexity index is 270. The normalized spacial score (nSPS) is 10.6. The quantitative estimate of drug-likeness (QED) is 0.623. The van der Waals surface area contributed by atoms with Crippen molar-refractivity contribution in [2.24, 2.45) is 0 Å². The lowest BCUT2D eigenvalue weighted by molar-refractivity contribution is -0.137. The maximum absolute atomic E-state index is 11.2. The molecule has 0 radical (unpaired) electrons. The molecule has 1 N–H and O–H groups in total. The number of ether oxygens (including phenoxy) is 2. The molecular formula is C6H11NO5S. The Balaban J connectivity index is 4.26. The molecule has 0 heterocycles. The fourth-order valence-electron chi connectivity index (χ4n) is 0.550. The van der Waals surface area contributed by atoms with Gasteiger partial charge in [0, 0.05) is 0 Å². The summed E-state index contributed by atoms with van der Waals surface area (Å²) >= 11 is 0. The number of hydrogen-bond acceptors (Lipinski definition) is 6. The Morgan fingerprint density at radius 3 is 1.69 bits per heavy atom. The van der Waals surface area contributed by atoms with Crippen LogP contribution in [0.2, 0.25) is 0 Å². The first kappa shape index (κ1) is 11.9. The Kier molecular flexibility index (Phi) is 4.39. The standard InChI is InChI=1S/C6H11NO5S/c1-11-5(8)3-13(7,10)4-6(9)12-2/h7H,3-4H2,1-2H3. The van der Waals surface area contributed by atoms with E-state index in [-0.39, 0.29) is 0 Å². The molecule has 0 fully saturated rings. The second-order valence-electron chi connectivity index (χ2n) is 2.25. The number of carbonyl (C=O) groups excluding carboxylic acids is 2. The molecule has 0 atom stereocenters. The summed E-state index contributed by atoms with van der Waals surface area (Å²) in [5.74, 6) is -2.72. The van der Waals surface area contributed by atoms with Gasteiger partial charge in [0.05, 0.1) is 23.9 Å². The molecule has 7 heteroatoms. The van der Waals surface area contributed by atoms with Crippen LogP contribution in [0, 0.1) is 4.78 Å². The fourth-order valence-corrected chi connectivity index (χ4v) is 1.65. The lowest BCUT2D eigenvalue weighted by Crippen LogP contribution is -2.23. The smallest absolute Gasteiger partial charge is 0.319 e. The molecule has 0 aromatic rings. The van der Waals surface area contributed by atoms with Gasteiger partial charge in [-0.05, 0) is 0 Å². The van der Waals surface area contributed by atoms with Crippen LogP contribution in [0.15, 0.2) is 0 Å². The molecular weight excluding hydrogens is 198 g/mol. The minimum absolute atomic E-state index is 0.585. The Hall–Kier alpha value is -1.11. The zero-order valence-electron chi connectivity index (χ0n) is 7.36. The number of carbonyl (C=O) groups is 2. The highest BCUT2D eigenvalue weighted by Gasteiger charge is 2.17. The van der Waals surface area contributed by atoms with E-state index in [4.69, 9.17) is 4.78 Å². The molecule has 0 aromatic carbocycles. The van der Waals surface area contributed by atoms with Crippen molar-refractivity contribution in [3.8, 4) is 0 Å². The van der Waals surface area contributed by atoms with Gasteiger partial charge in [0.1, 0.15) is 11.5 Å². The van der Waals surface area contributed by atoms with Gasteiger partial charge < -0.3 is 9.47 Å². The monoisotopic (exact) mass is 209 g/mol. The van der Waals surface area contributed by atoms with Crippen molar-refractivity contribution in [2.75, 3.05) is 25.7 Å². The SMILES string of the molecule is COC(=O)CS(=N)(=O)CC(=O)OC. The van der Waals surface area contributed by atoms with E-state index in [9.17, 15) is 13.8 Å². The third-order valence-corrected chi connectivity index (χ3v) is 2.56. The molecule has 0 aliphatic carbocycles. The van der Waals surface area contributed by atoms with Crippen LogP contribution in [0.3, 0.4) is 0 Å². The van der Waals surface area contributed by atoms with Gasteiger partial charge in [-0.3, -0.25) is 14.4 Å². The van der Waals surface area contributed by atoms with Crippen LogP contribution in [0.25, 0.3) is 0 Å². The van der Waals surface area contributed by atoms with E-state index in [2.05, 4.69) is 9.47 Å². The van der Waals surface area contributed by atoms with Crippen LogP contribution in [-0.2, 0) is 28.8 Å². The largest absolute Gasteiger partial charge is 0.468 e. The van der Waals surface area contributed by atoms with Crippen molar-refractivity contribution in [2.45, 2.75) is 0 Å². The molecule has 0 bridgehead atoms. The van der Waals surface area contributed by atoms with Gasteiger partial charge in [-0.2, -0.15) is 0 Å². The highest BCUT2D eigenvalue weighted by molar-refractivity contribution is 7.93. The number of hydrogen-bond donors (Lipinski definition) is 1. The first-order valence-corrected chi connectivity index (χ1v) is 5.18. The van der Waals surface area contributed by atoms with Crippen molar-refractivity contribution < 1.29 is 23.3 Å². The van der Waals surface area contributed by atoms with Crippen molar-refractivity contribution in [3.05, 3.63) is 0 Å². The van der Waals surface area contributed by atoms with E-state index in [1.807, 2.05) is 0 Å². The Morgan fingerprint density at radius 1 is 1.15 bits per heavy atom. The predicted molar refractivity (Wildman–Crippen MR) is 44.6 cm³/mol. The summed E-state index contributed by atoms with van der Waals surface area (Å²) in [5, 5.41) is 0. The third kappa shape index (κ3) is 5.18. The number of nitrogens with one attached hydrogen (secondary N) is 1. The van der Waals surface area contributed by atoms with Gasteiger partial charge in [0.25, 0.3) is 0 Å². The summed E-state index contributed by atoms with van der Waals surface area (Å²) in [4.78, 5) is 21.2. The van der Waals surface area contributed by atoms with Crippen molar-refractivity contribution in [1.29, 1.82) is 4.78 Å². The van der Waals surface area contributed by atoms with Crippen LogP contribution in [0.4, 0.5) is 0 Å². The summed E-state index contributed by atoms with van der Waals surface area (Å²) in [7, 11) is -1.01. The summed E-state index contributed by atoms with van der Waals surface area (Å²) in [5.41, 5.74) is 0. The van der Waals surface area contributed by atoms with Crippen LogP contribution in [-0.4, -0.2) is 41.9 Å². The second-order valence-corrected chi connectivity index (χ2v) is 4.45.